The van der Waals surface area contributed by atoms with Gasteiger partial charge in [0, 0.05) is 29.7 Å². The van der Waals surface area contributed by atoms with Crippen molar-refractivity contribution < 1.29 is 0 Å². The summed E-state index contributed by atoms with van der Waals surface area (Å²) in [7, 11) is 0. The summed E-state index contributed by atoms with van der Waals surface area (Å²) >= 11 is 0. The van der Waals surface area contributed by atoms with E-state index in [1.807, 2.05) is 27.7 Å². The molecule has 312 valence electrons. The quantitative estimate of drug-likeness (QED) is 0.135. The van der Waals surface area contributed by atoms with Crippen molar-refractivity contribution in [3.05, 3.63) is 191 Å². The molecule has 0 heterocycles. The lowest BCUT2D eigenvalue weighted by Gasteiger charge is -2.19. The number of allylic oxidation sites excluding steroid dienone is 1. The van der Waals surface area contributed by atoms with E-state index in [-0.39, 0.29) is 0 Å². The number of benzene rings is 7. The highest BCUT2D eigenvalue weighted by Crippen LogP contribution is 2.38. The third-order valence-corrected chi connectivity index (χ3v) is 10.2. The van der Waals surface area contributed by atoms with Crippen LogP contribution in [0.15, 0.2) is 158 Å². The van der Waals surface area contributed by atoms with E-state index in [1.165, 1.54) is 90.4 Å². The lowest BCUT2D eigenvalue weighted by molar-refractivity contribution is 1.10. The lowest BCUT2D eigenvalue weighted by atomic mass is 9.86. The Bertz CT molecular complexity index is 2340. The van der Waals surface area contributed by atoms with E-state index in [9.17, 15) is 0 Å². The van der Waals surface area contributed by atoms with Gasteiger partial charge in [0.1, 0.15) is 0 Å². The smallest absolute Gasteiger partial charge is 0.0587 e. The van der Waals surface area contributed by atoms with Crippen molar-refractivity contribution in [3.63, 3.8) is 0 Å². The fourth-order valence-corrected chi connectivity index (χ4v) is 7.18. The molecule has 0 aliphatic carbocycles. The van der Waals surface area contributed by atoms with E-state index >= 15 is 0 Å². The summed E-state index contributed by atoms with van der Waals surface area (Å²) < 4.78 is 0. The van der Waals surface area contributed by atoms with E-state index in [1.54, 1.807) is 6.07 Å². The molecular formula is C58H65N3. The summed E-state index contributed by atoms with van der Waals surface area (Å²) in [6.45, 7) is 26.2. The number of hydrogen-bond acceptors (Lipinski definition) is 3. The number of rotatable bonds is 10. The molecule has 3 heteroatoms. The number of nitriles is 1. The molecule has 0 amide bonds. The topological polar surface area (TPSA) is 47.9 Å². The van der Waals surface area contributed by atoms with Crippen molar-refractivity contribution in [1.29, 1.82) is 5.26 Å². The Kier molecular flexibility index (Phi) is 17.9. The monoisotopic (exact) mass is 804 g/mol. The van der Waals surface area contributed by atoms with Gasteiger partial charge in [-0.15, -0.1) is 6.58 Å². The summed E-state index contributed by atoms with van der Waals surface area (Å²) in [5, 5.41) is 14.6. The summed E-state index contributed by atoms with van der Waals surface area (Å²) in [5.74, 6) is 0. The molecule has 0 unspecified atom stereocenters. The Morgan fingerprint density at radius 1 is 0.459 bits per heavy atom. The number of nitrogens with one attached hydrogen (secondary N) is 2. The van der Waals surface area contributed by atoms with Gasteiger partial charge in [-0.3, -0.25) is 0 Å². The van der Waals surface area contributed by atoms with Crippen molar-refractivity contribution in [2.75, 3.05) is 10.6 Å². The number of nitrogens with zero attached hydrogens (tertiary/aromatic N) is 1. The molecule has 0 aromatic heterocycles. The van der Waals surface area contributed by atoms with Gasteiger partial charge >= 0.3 is 0 Å². The molecular weight excluding hydrogens is 739 g/mol. The van der Waals surface area contributed by atoms with Gasteiger partial charge in [-0.2, -0.15) is 5.26 Å². The van der Waals surface area contributed by atoms with Crippen LogP contribution in [0.5, 0.6) is 0 Å². The SMILES string of the molecule is C=C(C)C.CC.CC#N.CCc1cc(-c2ccc(Nc3ccc(-c4ccc(C)cc4)cc3)cc2C)c(CC)cc1-c1ccc(Nc2ccc(-c3ccc(C)cc3)cc2)cc1C. The zero-order valence-electron chi connectivity index (χ0n) is 38.4. The number of aryl methyl sites for hydroxylation is 6. The molecule has 0 saturated heterocycles. The molecule has 0 aliphatic rings. The predicted octanol–water partition coefficient (Wildman–Crippen LogP) is 17.3. The van der Waals surface area contributed by atoms with Gasteiger partial charge in [-0.05, 0) is 170 Å². The highest BCUT2D eigenvalue weighted by Gasteiger charge is 2.15. The maximum absolute atomic E-state index is 7.32. The van der Waals surface area contributed by atoms with Crippen molar-refractivity contribution in [2.24, 2.45) is 0 Å². The first kappa shape index (κ1) is 47.1. The molecule has 7 aromatic carbocycles. The van der Waals surface area contributed by atoms with Crippen molar-refractivity contribution in [1.82, 2.24) is 0 Å². The minimum Gasteiger partial charge on any atom is -0.356 e. The fraction of sp³-hybridized carbons (Fsp3) is 0.224. The van der Waals surface area contributed by atoms with Crippen LogP contribution in [0.2, 0.25) is 0 Å². The van der Waals surface area contributed by atoms with Crippen molar-refractivity contribution in [3.8, 4) is 50.6 Å². The molecule has 0 atom stereocenters. The normalized spacial score (nSPS) is 10.1. The van der Waals surface area contributed by atoms with Crippen LogP contribution in [0.1, 0.15) is 81.8 Å². The van der Waals surface area contributed by atoms with E-state index in [4.69, 9.17) is 5.26 Å². The molecule has 7 aromatic rings. The summed E-state index contributed by atoms with van der Waals surface area (Å²) in [5.41, 5.74) is 23.6. The first-order chi connectivity index (χ1) is 29.4. The molecule has 2 N–H and O–H groups in total. The van der Waals surface area contributed by atoms with Crippen LogP contribution in [-0.4, -0.2) is 0 Å². The Labute approximate surface area is 367 Å². The lowest BCUT2D eigenvalue weighted by Crippen LogP contribution is -1.99. The zero-order chi connectivity index (χ0) is 44.5. The van der Waals surface area contributed by atoms with Gasteiger partial charge in [0.25, 0.3) is 0 Å². The molecule has 0 spiro atoms. The van der Waals surface area contributed by atoms with Crippen molar-refractivity contribution in [2.45, 2.75) is 89.0 Å². The van der Waals surface area contributed by atoms with Crippen LogP contribution in [0.4, 0.5) is 22.7 Å². The Balaban J connectivity index is 0.000000838. The molecule has 0 fully saturated rings. The van der Waals surface area contributed by atoms with Gasteiger partial charge in [0.05, 0.1) is 6.07 Å². The van der Waals surface area contributed by atoms with E-state index in [0.717, 1.165) is 35.6 Å². The van der Waals surface area contributed by atoms with Gasteiger partial charge in [-0.25, -0.2) is 0 Å². The molecule has 0 aliphatic heterocycles. The largest absolute Gasteiger partial charge is 0.356 e. The highest BCUT2D eigenvalue weighted by atomic mass is 14.9. The van der Waals surface area contributed by atoms with E-state index in [2.05, 4.69) is 204 Å². The zero-order valence-corrected chi connectivity index (χ0v) is 38.4. The molecule has 61 heavy (non-hydrogen) atoms. The van der Waals surface area contributed by atoms with E-state index in [0.29, 0.717) is 0 Å². The summed E-state index contributed by atoms with van der Waals surface area (Å²) in [4.78, 5) is 0. The third kappa shape index (κ3) is 13.2. The molecule has 0 saturated carbocycles. The maximum atomic E-state index is 7.32. The number of anilines is 4. The Morgan fingerprint density at radius 2 is 0.721 bits per heavy atom. The van der Waals surface area contributed by atoms with Gasteiger partial charge in [-0.1, -0.05) is 141 Å². The van der Waals surface area contributed by atoms with E-state index < -0.39 is 0 Å². The Morgan fingerprint density at radius 3 is 0.984 bits per heavy atom. The van der Waals surface area contributed by atoms with Crippen LogP contribution < -0.4 is 10.6 Å². The second kappa shape index (κ2) is 23.2. The first-order valence-corrected chi connectivity index (χ1v) is 21.6. The average molecular weight is 804 g/mol. The molecule has 3 nitrogen and oxygen atoms in total. The van der Waals surface area contributed by atoms with Crippen LogP contribution >= 0.6 is 0 Å². The summed E-state index contributed by atoms with van der Waals surface area (Å²) in [6, 6.07) is 54.9. The second-order valence-corrected chi connectivity index (χ2v) is 15.5. The van der Waals surface area contributed by atoms with Crippen molar-refractivity contribution >= 4 is 22.7 Å². The molecule has 7 rings (SSSR count). The third-order valence-electron chi connectivity index (χ3n) is 10.2. The highest BCUT2D eigenvalue weighted by molar-refractivity contribution is 5.82. The fourth-order valence-electron chi connectivity index (χ4n) is 7.18. The Hall–Kier alpha value is -6.63. The first-order valence-electron chi connectivity index (χ1n) is 21.6. The van der Waals surface area contributed by atoms with Crippen LogP contribution in [-0.2, 0) is 12.8 Å². The van der Waals surface area contributed by atoms with Gasteiger partial charge in [0.2, 0.25) is 0 Å². The van der Waals surface area contributed by atoms with Crippen LogP contribution in [0.3, 0.4) is 0 Å². The second-order valence-electron chi connectivity index (χ2n) is 15.5. The average Bonchev–Trinajstić information content (AvgIpc) is 3.25. The van der Waals surface area contributed by atoms with Crippen LogP contribution in [0.25, 0.3) is 44.5 Å². The van der Waals surface area contributed by atoms with Gasteiger partial charge < -0.3 is 10.6 Å². The predicted molar refractivity (Wildman–Crippen MR) is 268 cm³/mol. The molecule has 0 radical (unpaired) electrons. The standard InChI is InChI=1S/C50H48N2.C4H8.C2H3N.C2H6/c1-7-37-31-50(48-28-26-46(30-36(48)6)52-44-23-19-42(20-24-44)40-15-11-34(4)12-16-40)38(8-2)32-49(37)47-27-25-45(29-35(47)5)51-43-21-17-41(18-22-43)39-13-9-33(3)10-14-39;1-4(2)3;1-2-3;1-2/h9-32,51-52H,7-8H2,1-6H3;1H2,2-3H3;1H3;1-2H3. The maximum Gasteiger partial charge on any atom is 0.0587 e. The minimum atomic E-state index is 0.969. The van der Waals surface area contributed by atoms with Crippen LogP contribution in [0, 0.1) is 39.0 Å². The van der Waals surface area contributed by atoms with Gasteiger partial charge in [0.15, 0.2) is 0 Å². The molecule has 0 bridgehead atoms. The summed E-state index contributed by atoms with van der Waals surface area (Å²) in [6.07, 6.45) is 1.94. The minimum absolute atomic E-state index is 0.969. The number of hydrogen-bond donors (Lipinski definition) is 2.